The molecule has 3 unspecified atom stereocenters. The number of hydrogen-bond donors (Lipinski definition) is 1. The van der Waals surface area contributed by atoms with Gasteiger partial charge in [0.1, 0.15) is 6.04 Å². The quantitative estimate of drug-likeness (QED) is 0.829. The van der Waals surface area contributed by atoms with Gasteiger partial charge in [-0.1, -0.05) is 55.9 Å². The highest BCUT2D eigenvalue weighted by molar-refractivity contribution is 8.15. The third kappa shape index (κ3) is 2.81. The predicted octanol–water partition coefficient (Wildman–Crippen LogP) is 3.79. The number of nitrogens with zero attached hydrogens (tertiary/aromatic N) is 1. The second-order valence-electron chi connectivity index (χ2n) is 7.70. The standard InChI is InChI=1S/C19H23NO4S/c1-12-8-7-11-20(12,18(23)24)16(21)14-15(19(14,2)3)25-17(22)13-9-5-4-6-10-13/h4-6,9-10,12,14-15H,7-8,11H2,1-3H3/p+1/t12-,14?,15?,20?/m1/s1. The van der Waals surface area contributed by atoms with E-state index in [-0.39, 0.29) is 27.7 Å². The molecule has 25 heavy (non-hydrogen) atoms. The number of likely N-dealkylation sites (tertiary alicyclic amines) is 1. The first-order valence-corrected chi connectivity index (χ1v) is 9.52. The molecular weight excluding hydrogens is 338 g/mol. The van der Waals surface area contributed by atoms with Crippen LogP contribution < -0.4 is 0 Å². The molecule has 1 aliphatic carbocycles. The predicted molar refractivity (Wildman–Crippen MR) is 96.3 cm³/mol. The highest BCUT2D eigenvalue weighted by Crippen LogP contribution is 2.61. The van der Waals surface area contributed by atoms with Crippen LogP contribution in [0.4, 0.5) is 4.79 Å². The first-order valence-electron chi connectivity index (χ1n) is 8.64. The van der Waals surface area contributed by atoms with Crippen molar-refractivity contribution in [2.75, 3.05) is 6.54 Å². The Balaban J connectivity index is 1.80. The monoisotopic (exact) mass is 362 g/mol. The van der Waals surface area contributed by atoms with Gasteiger partial charge in [0.2, 0.25) is 5.12 Å². The van der Waals surface area contributed by atoms with Crippen molar-refractivity contribution in [1.29, 1.82) is 0 Å². The summed E-state index contributed by atoms with van der Waals surface area (Å²) >= 11 is 1.17. The van der Waals surface area contributed by atoms with Gasteiger partial charge in [-0.2, -0.15) is 9.28 Å². The van der Waals surface area contributed by atoms with Crippen molar-refractivity contribution < 1.29 is 24.0 Å². The molecule has 0 spiro atoms. The molecule has 134 valence electrons. The number of carbonyl (C=O) groups excluding carboxylic acids is 2. The van der Waals surface area contributed by atoms with Gasteiger partial charge in [-0.3, -0.25) is 4.79 Å². The Kier molecular flexibility index (Phi) is 4.54. The summed E-state index contributed by atoms with van der Waals surface area (Å²) in [6.45, 7) is 6.09. The molecule has 0 bridgehead atoms. The number of hydrogen-bond acceptors (Lipinski definition) is 4. The molecule has 3 rings (SSSR count). The Morgan fingerprint density at radius 1 is 1.20 bits per heavy atom. The first-order chi connectivity index (χ1) is 11.7. The first kappa shape index (κ1) is 18.1. The number of amides is 2. The topological polar surface area (TPSA) is 71.4 Å². The van der Waals surface area contributed by atoms with E-state index in [1.165, 1.54) is 11.8 Å². The van der Waals surface area contributed by atoms with Crippen molar-refractivity contribution in [3.05, 3.63) is 35.9 Å². The Hall–Kier alpha value is -1.66. The zero-order valence-corrected chi connectivity index (χ0v) is 15.6. The minimum atomic E-state index is -1.06. The molecule has 1 saturated heterocycles. The molecule has 4 atom stereocenters. The van der Waals surface area contributed by atoms with Gasteiger partial charge in [0.15, 0.2) is 0 Å². The minimum absolute atomic E-state index is 0.0645. The maximum atomic E-state index is 13.2. The molecule has 1 saturated carbocycles. The fourth-order valence-corrected chi connectivity index (χ4v) is 5.52. The number of quaternary nitrogens is 1. The summed E-state index contributed by atoms with van der Waals surface area (Å²) < 4.78 is -0.481. The molecule has 0 radical (unpaired) electrons. The van der Waals surface area contributed by atoms with Gasteiger partial charge >= 0.3 is 12.0 Å². The van der Waals surface area contributed by atoms with Crippen LogP contribution in [0.2, 0.25) is 0 Å². The van der Waals surface area contributed by atoms with Crippen LogP contribution in [0.15, 0.2) is 30.3 Å². The zero-order valence-electron chi connectivity index (χ0n) is 14.8. The number of carbonyl (C=O) groups is 3. The summed E-state index contributed by atoms with van der Waals surface area (Å²) in [5, 5.41) is 9.54. The van der Waals surface area contributed by atoms with Crippen LogP contribution in [0.5, 0.6) is 0 Å². The number of carboxylic acid groups (broad SMARTS) is 1. The zero-order chi connectivity index (χ0) is 18.4. The van der Waals surface area contributed by atoms with Gasteiger partial charge in [0, 0.05) is 23.7 Å². The van der Waals surface area contributed by atoms with Crippen LogP contribution in [0.1, 0.15) is 44.0 Å². The average Bonchev–Trinajstić information content (AvgIpc) is 2.90. The molecule has 1 heterocycles. The van der Waals surface area contributed by atoms with Crippen molar-refractivity contribution in [3.63, 3.8) is 0 Å². The molecule has 1 aromatic rings. The second kappa shape index (κ2) is 6.25. The fraction of sp³-hybridized carbons (Fsp3) is 0.526. The van der Waals surface area contributed by atoms with Gasteiger partial charge in [-0.05, 0) is 12.3 Å². The van der Waals surface area contributed by atoms with Crippen LogP contribution in [0.25, 0.3) is 0 Å². The fourth-order valence-electron chi connectivity index (χ4n) is 4.05. The molecular formula is C19H24NO4S+. The van der Waals surface area contributed by atoms with Crippen molar-refractivity contribution in [1.82, 2.24) is 0 Å². The van der Waals surface area contributed by atoms with E-state index in [0.717, 1.165) is 12.8 Å². The maximum Gasteiger partial charge on any atom is 0.521 e. The van der Waals surface area contributed by atoms with E-state index < -0.39 is 16.5 Å². The molecule has 1 N–H and O–H groups in total. The highest BCUT2D eigenvalue weighted by Gasteiger charge is 2.70. The lowest BCUT2D eigenvalue weighted by molar-refractivity contribution is -0.793. The number of rotatable bonds is 3. The summed E-state index contributed by atoms with van der Waals surface area (Å²) in [5.74, 6) is -0.636. The van der Waals surface area contributed by atoms with Gasteiger partial charge in [-0.25, -0.2) is 4.79 Å². The van der Waals surface area contributed by atoms with Gasteiger partial charge in [0.05, 0.1) is 12.5 Å². The Labute approximate surface area is 152 Å². The molecule has 2 amide bonds. The van der Waals surface area contributed by atoms with E-state index in [2.05, 4.69) is 0 Å². The highest BCUT2D eigenvalue weighted by atomic mass is 32.2. The van der Waals surface area contributed by atoms with Crippen LogP contribution in [-0.2, 0) is 4.79 Å². The Bertz CT molecular complexity index is 717. The van der Waals surface area contributed by atoms with E-state index in [4.69, 9.17) is 0 Å². The van der Waals surface area contributed by atoms with Crippen LogP contribution >= 0.6 is 11.8 Å². The molecule has 1 aromatic carbocycles. The minimum Gasteiger partial charge on any atom is -0.435 e. The summed E-state index contributed by atoms with van der Waals surface area (Å²) in [6.07, 6.45) is 0.426. The van der Waals surface area contributed by atoms with Gasteiger partial charge in [0.25, 0.3) is 0 Å². The molecule has 2 aliphatic rings. The van der Waals surface area contributed by atoms with Gasteiger partial charge < -0.3 is 5.11 Å². The van der Waals surface area contributed by atoms with Gasteiger partial charge in [-0.15, -0.1) is 0 Å². The number of thioether (sulfide) groups is 1. The van der Waals surface area contributed by atoms with Crippen molar-refractivity contribution >= 4 is 28.9 Å². The molecule has 1 aliphatic heterocycles. The SMILES string of the molecule is C[C@@H]1CCC[N+]1(C(=O)O)C(=O)C1C(SC(=O)c2ccccc2)C1(C)C. The van der Waals surface area contributed by atoms with Crippen molar-refractivity contribution in [2.45, 2.75) is 44.9 Å². The Morgan fingerprint density at radius 2 is 1.84 bits per heavy atom. The lowest BCUT2D eigenvalue weighted by Crippen LogP contribution is -2.59. The van der Waals surface area contributed by atoms with E-state index in [9.17, 15) is 19.5 Å². The summed E-state index contributed by atoms with van der Waals surface area (Å²) in [5.41, 5.74) is 0.243. The third-order valence-electron chi connectivity index (χ3n) is 5.86. The van der Waals surface area contributed by atoms with E-state index >= 15 is 0 Å². The summed E-state index contributed by atoms with van der Waals surface area (Å²) in [6, 6.07) is 8.78. The number of imide groups is 1. The van der Waals surface area contributed by atoms with Crippen molar-refractivity contribution in [2.24, 2.45) is 11.3 Å². The molecule has 0 aromatic heterocycles. The lowest BCUT2D eigenvalue weighted by atomic mass is 10.1. The van der Waals surface area contributed by atoms with Crippen LogP contribution in [0, 0.1) is 11.3 Å². The largest absolute Gasteiger partial charge is 0.521 e. The lowest BCUT2D eigenvalue weighted by Gasteiger charge is -2.30. The average molecular weight is 362 g/mol. The van der Waals surface area contributed by atoms with Crippen LogP contribution in [0.3, 0.4) is 0 Å². The van der Waals surface area contributed by atoms with E-state index in [1.54, 1.807) is 12.1 Å². The molecule has 2 fully saturated rings. The second-order valence-corrected chi connectivity index (χ2v) is 8.81. The summed E-state index contributed by atoms with van der Waals surface area (Å²) in [7, 11) is 0. The summed E-state index contributed by atoms with van der Waals surface area (Å²) in [4.78, 5) is 37.6. The smallest absolute Gasteiger partial charge is 0.435 e. The van der Waals surface area contributed by atoms with E-state index in [0.29, 0.717) is 12.1 Å². The molecule has 5 nitrogen and oxygen atoms in total. The Morgan fingerprint density at radius 3 is 2.36 bits per heavy atom. The molecule has 6 heteroatoms. The normalized spacial score (nSPS) is 33.0. The number of benzene rings is 1. The maximum absolute atomic E-state index is 13.2. The van der Waals surface area contributed by atoms with Crippen molar-refractivity contribution in [3.8, 4) is 0 Å². The van der Waals surface area contributed by atoms with E-state index in [1.807, 2.05) is 39.0 Å². The van der Waals surface area contributed by atoms with Crippen LogP contribution in [-0.4, -0.2) is 44.5 Å². The third-order valence-corrected chi connectivity index (χ3v) is 7.44.